The molecule has 4 heteroatoms. The Bertz CT molecular complexity index is 356. The summed E-state index contributed by atoms with van der Waals surface area (Å²) < 4.78 is 43.9. The Morgan fingerprint density at radius 2 is 1.73 bits per heavy atom. The van der Waals surface area contributed by atoms with E-state index in [1.54, 1.807) is 20.8 Å². The first-order valence-corrected chi connectivity index (χ1v) is 4.57. The van der Waals surface area contributed by atoms with Gasteiger partial charge >= 0.3 is 0 Å². The minimum atomic E-state index is -1.19. The van der Waals surface area contributed by atoms with Gasteiger partial charge in [-0.25, -0.2) is 13.2 Å². The first kappa shape index (κ1) is 12.0. The van der Waals surface area contributed by atoms with Crippen LogP contribution in [0.3, 0.4) is 0 Å². The Kier molecular flexibility index (Phi) is 3.39. The van der Waals surface area contributed by atoms with Gasteiger partial charge in [0.05, 0.1) is 12.2 Å². The zero-order valence-corrected chi connectivity index (χ0v) is 8.90. The molecule has 0 spiro atoms. The molecule has 0 N–H and O–H groups in total. The summed E-state index contributed by atoms with van der Waals surface area (Å²) in [7, 11) is 0. The maximum Gasteiger partial charge on any atom is 0.164 e. The predicted octanol–water partition coefficient (Wildman–Crippen LogP) is 3.42. The van der Waals surface area contributed by atoms with Crippen molar-refractivity contribution < 1.29 is 17.9 Å². The van der Waals surface area contributed by atoms with E-state index in [-0.39, 0.29) is 12.2 Å². The molecule has 0 atom stereocenters. The highest BCUT2D eigenvalue weighted by molar-refractivity contribution is 5.19. The summed E-state index contributed by atoms with van der Waals surface area (Å²) >= 11 is 0. The predicted molar refractivity (Wildman–Crippen MR) is 50.9 cm³/mol. The van der Waals surface area contributed by atoms with Crippen LogP contribution >= 0.6 is 0 Å². The molecule has 0 fully saturated rings. The summed E-state index contributed by atoms with van der Waals surface area (Å²) in [6.45, 7) is 5.19. The van der Waals surface area contributed by atoms with Gasteiger partial charge in [0.2, 0.25) is 0 Å². The monoisotopic (exact) mass is 218 g/mol. The topological polar surface area (TPSA) is 9.23 Å². The molecule has 0 unspecified atom stereocenters. The molecule has 0 amide bonds. The average molecular weight is 218 g/mol. The maximum atomic E-state index is 13.1. The number of hydrogen-bond donors (Lipinski definition) is 0. The molecule has 0 saturated heterocycles. The van der Waals surface area contributed by atoms with Gasteiger partial charge in [0.15, 0.2) is 11.6 Å². The van der Waals surface area contributed by atoms with Crippen LogP contribution in [0.1, 0.15) is 26.3 Å². The highest BCUT2D eigenvalue weighted by atomic mass is 19.2. The third-order valence-corrected chi connectivity index (χ3v) is 1.73. The molecule has 0 heterocycles. The Morgan fingerprint density at radius 1 is 1.13 bits per heavy atom. The van der Waals surface area contributed by atoms with Gasteiger partial charge in [-0.15, -0.1) is 0 Å². The summed E-state index contributed by atoms with van der Waals surface area (Å²) in [6.07, 6.45) is 0. The molecule has 0 saturated carbocycles. The molecule has 15 heavy (non-hydrogen) atoms. The normalized spacial score (nSPS) is 11.9. The van der Waals surface area contributed by atoms with Crippen LogP contribution in [-0.2, 0) is 11.3 Å². The number of hydrogen-bond acceptors (Lipinski definition) is 1. The Morgan fingerprint density at radius 3 is 2.27 bits per heavy atom. The van der Waals surface area contributed by atoms with Crippen LogP contribution in [0.25, 0.3) is 0 Å². The van der Waals surface area contributed by atoms with Gasteiger partial charge in [0.1, 0.15) is 5.82 Å². The van der Waals surface area contributed by atoms with Gasteiger partial charge in [0, 0.05) is 11.6 Å². The van der Waals surface area contributed by atoms with Crippen molar-refractivity contribution in [1.82, 2.24) is 0 Å². The fourth-order valence-corrected chi connectivity index (χ4v) is 1.01. The standard InChI is InChI=1S/C11H13F3O/c1-11(2,3)15-6-7-4-8(12)5-9(13)10(7)14/h4-5H,6H2,1-3H3. The molecule has 84 valence electrons. The van der Waals surface area contributed by atoms with Crippen LogP contribution in [0.2, 0.25) is 0 Å². The molecule has 0 aliphatic carbocycles. The smallest absolute Gasteiger partial charge is 0.164 e. The molecule has 1 nitrogen and oxygen atoms in total. The van der Waals surface area contributed by atoms with E-state index >= 15 is 0 Å². The highest BCUT2D eigenvalue weighted by Crippen LogP contribution is 2.18. The summed E-state index contributed by atoms with van der Waals surface area (Å²) in [5.41, 5.74) is -0.586. The van der Waals surface area contributed by atoms with Crippen molar-refractivity contribution >= 4 is 0 Å². The van der Waals surface area contributed by atoms with Gasteiger partial charge in [0.25, 0.3) is 0 Å². The lowest BCUT2D eigenvalue weighted by Gasteiger charge is -2.19. The van der Waals surface area contributed by atoms with Gasteiger partial charge in [-0.1, -0.05) is 0 Å². The van der Waals surface area contributed by atoms with Crippen molar-refractivity contribution in [2.24, 2.45) is 0 Å². The number of benzene rings is 1. The molecule has 0 aromatic heterocycles. The van der Waals surface area contributed by atoms with Crippen molar-refractivity contribution in [3.8, 4) is 0 Å². The lowest BCUT2D eigenvalue weighted by Crippen LogP contribution is -2.19. The lowest BCUT2D eigenvalue weighted by molar-refractivity contribution is -0.0164. The zero-order chi connectivity index (χ0) is 11.6. The van der Waals surface area contributed by atoms with E-state index in [4.69, 9.17) is 4.74 Å². The maximum absolute atomic E-state index is 13.1. The van der Waals surface area contributed by atoms with E-state index in [2.05, 4.69) is 0 Å². The third kappa shape index (κ3) is 3.55. The van der Waals surface area contributed by atoms with Crippen LogP contribution in [0.4, 0.5) is 13.2 Å². The lowest BCUT2D eigenvalue weighted by atomic mass is 10.1. The van der Waals surface area contributed by atoms with E-state index in [1.165, 1.54) is 0 Å². The van der Waals surface area contributed by atoms with Crippen molar-refractivity contribution in [3.63, 3.8) is 0 Å². The van der Waals surface area contributed by atoms with Gasteiger partial charge < -0.3 is 4.74 Å². The molecule has 0 aliphatic heterocycles. The molecule has 1 aromatic carbocycles. The molecular formula is C11H13F3O. The third-order valence-electron chi connectivity index (χ3n) is 1.73. The van der Waals surface area contributed by atoms with Crippen LogP contribution in [-0.4, -0.2) is 5.60 Å². The molecule has 0 aliphatic rings. The number of halogens is 3. The van der Waals surface area contributed by atoms with Crippen LogP contribution in [0.15, 0.2) is 12.1 Å². The summed E-state index contributed by atoms with van der Waals surface area (Å²) in [4.78, 5) is 0. The van der Waals surface area contributed by atoms with Gasteiger partial charge in [-0.3, -0.25) is 0 Å². The second-order valence-corrected chi connectivity index (χ2v) is 4.26. The fraction of sp³-hybridized carbons (Fsp3) is 0.455. The minimum absolute atomic E-state index is 0.109. The molecule has 1 rings (SSSR count). The van der Waals surface area contributed by atoms with Crippen molar-refractivity contribution in [2.75, 3.05) is 0 Å². The first-order chi connectivity index (χ1) is 6.79. The largest absolute Gasteiger partial charge is 0.371 e. The van der Waals surface area contributed by atoms with Crippen LogP contribution < -0.4 is 0 Å². The molecular weight excluding hydrogens is 205 g/mol. The van der Waals surface area contributed by atoms with Crippen LogP contribution in [0.5, 0.6) is 0 Å². The minimum Gasteiger partial charge on any atom is -0.371 e. The van der Waals surface area contributed by atoms with Crippen LogP contribution in [0, 0.1) is 17.5 Å². The zero-order valence-electron chi connectivity index (χ0n) is 8.90. The van der Waals surface area contributed by atoms with E-state index in [9.17, 15) is 13.2 Å². The number of ether oxygens (including phenoxy) is 1. The summed E-state index contributed by atoms with van der Waals surface area (Å²) in [5.74, 6) is -3.05. The van der Waals surface area contributed by atoms with Gasteiger partial charge in [-0.2, -0.15) is 0 Å². The fourth-order valence-electron chi connectivity index (χ4n) is 1.01. The second kappa shape index (κ2) is 4.23. The SMILES string of the molecule is CC(C)(C)OCc1cc(F)cc(F)c1F. The van der Waals surface area contributed by atoms with Gasteiger partial charge in [-0.05, 0) is 26.8 Å². The van der Waals surface area contributed by atoms with E-state index in [0.29, 0.717) is 6.07 Å². The summed E-state index contributed by atoms with van der Waals surface area (Å²) in [6, 6.07) is 1.44. The highest BCUT2D eigenvalue weighted by Gasteiger charge is 2.15. The van der Waals surface area contributed by atoms with E-state index in [1.807, 2.05) is 0 Å². The molecule has 0 radical (unpaired) electrons. The number of rotatable bonds is 2. The van der Waals surface area contributed by atoms with E-state index < -0.39 is 23.1 Å². The van der Waals surface area contributed by atoms with Crippen molar-refractivity contribution in [3.05, 3.63) is 35.1 Å². The summed E-state index contributed by atoms with van der Waals surface area (Å²) in [5, 5.41) is 0. The quantitative estimate of drug-likeness (QED) is 0.691. The van der Waals surface area contributed by atoms with E-state index in [0.717, 1.165) is 6.07 Å². The first-order valence-electron chi connectivity index (χ1n) is 4.57. The Balaban J connectivity index is 2.86. The Hall–Kier alpha value is -1.03. The van der Waals surface area contributed by atoms with Crippen molar-refractivity contribution in [1.29, 1.82) is 0 Å². The average Bonchev–Trinajstić information content (AvgIpc) is 2.07. The second-order valence-electron chi connectivity index (χ2n) is 4.26. The molecule has 1 aromatic rings. The van der Waals surface area contributed by atoms with Crippen molar-refractivity contribution in [2.45, 2.75) is 33.0 Å². The Labute approximate surface area is 86.9 Å². The molecule has 0 bridgehead atoms.